The molecule has 0 N–H and O–H groups in total. The van der Waals surface area contributed by atoms with Gasteiger partial charge >= 0.3 is 0 Å². The molecule has 2 aromatic heterocycles. The zero-order valence-corrected chi connectivity index (χ0v) is 9.51. The van der Waals surface area contributed by atoms with Crippen LogP contribution in [0, 0.1) is 6.92 Å². The number of aromatic nitrogens is 2. The van der Waals surface area contributed by atoms with Gasteiger partial charge in [0.15, 0.2) is 0 Å². The van der Waals surface area contributed by atoms with Crippen molar-refractivity contribution >= 4 is 11.3 Å². The maximum atomic E-state index is 4.32. The van der Waals surface area contributed by atoms with Crippen molar-refractivity contribution in [3.8, 4) is 10.6 Å². The van der Waals surface area contributed by atoms with E-state index in [1.165, 1.54) is 16.1 Å². The summed E-state index contributed by atoms with van der Waals surface area (Å²) < 4.78 is 2.06. The summed E-state index contributed by atoms with van der Waals surface area (Å²) in [6.07, 6.45) is 1.87. The van der Waals surface area contributed by atoms with Crippen LogP contribution in [0.4, 0.5) is 0 Å². The van der Waals surface area contributed by atoms with E-state index in [-0.39, 0.29) is 0 Å². The van der Waals surface area contributed by atoms with Gasteiger partial charge in [0.2, 0.25) is 0 Å². The minimum atomic E-state index is 0.419. The minimum absolute atomic E-state index is 0.419. The van der Waals surface area contributed by atoms with Gasteiger partial charge in [-0.05, 0) is 43.8 Å². The Morgan fingerprint density at radius 1 is 1.43 bits per heavy atom. The summed E-state index contributed by atoms with van der Waals surface area (Å²) in [6.45, 7) is 6.42. The largest absolute Gasteiger partial charge is 0.262 e. The van der Waals surface area contributed by atoms with Crippen LogP contribution in [0.2, 0.25) is 0 Å². The Kier molecular flexibility index (Phi) is 2.42. The van der Waals surface area contributed by atoms with Crippen LogP contribution < -0.4 is 0 Å². The number of hydrogen-bond donors (Lipinski definition) is 0. The summed E-state index contributed by atoms with van der Waals surface area (Å²) in [4.78, 5) is 1.30. The van der Waals surface area contributed by atoms with Gasteiger partial charge in [-0.3, -0.25) is 4.68 Å². The minimum Gasteiger partial charge on any atom is -0.262 e. The molecule has 0 aromatic carbocycles. The molecule has 2 rings (SSSR count). The molecule has 2 heterocycles. The molecule has 0 aliphatic rings. The first-order chi connectivity index (χ1) is 6.68. The Balaban J connectivity index is 2.46. The third kappa shape index (κ3) is 1.60. The fraction of sp³-hybridized carbons (Fsp3) is 0.364. The lowest BCUT2D eigenvalue weighted by Crippen LogP contribution is -2.03. The molecule has 0 saturated heterocycles. The molecule has 0 amide bonds. The second-order valence-corrected chi connectivity index (χ2v) is 4.65. The fourth-order valence-corrected chi connectivity index (χ4v) is 2.40. The third-order valence-corrected chi connectivity index (χ3v) is 3.21. The van der Waals surface area contributed by atoms with Gasteiger partial charge in [0.25, 0.3) is 0 Å². The average Bonchev–Trinajstić information content (AvgIpc) is 2.70. The van der Waals surface area contributed by atoms with E-state index < -0.39 is 0 Å². The highest BCUT2D eigenvalue weighted by molar-refractivity contribution is 7.13. The molecule has 14 heavy (non-hydrogen) atoms. The van der Waals surface area contributed by atoms with E-state index in [0.29, 0.717) is 6.04 Å². The molecular weight excluding hydrogens is 192 g/mol. The lowest BCUT2D eigenvalue weighted by Gasteiger charge is -2.08. The Bertz CT molecular complexity index is 426. The topological polar surface area (TPSA) is 17.8 Å². The monoisotopic (exact) mass is 206 g/mol. The summed E-state index contributed by atoms with van der Waals surface area (Å²) in [5, 5.41) is 6.50. The Hall–Kier alpha value is -1.09. The SMILES string of the molecule is Cc1csc(-c2ccnn2C(C)C)c1. The summed E-state index contributed by atoms with van der Waals surface area (Å²) in [7, 11) is 0. The summed E-state index contributed by atoms with van der Waals surface area (Å²) in [6, 6.07) is 4.70. The van der Waals surface area contributed by atoms with Crippen molar-refractivity contribution in [3.63, 3.8) is 0 Å². The number of thiophene rings is 1. The van der Waals surface area contributed by atoms with E-state index in [1.807, 2.05) is 6.20 Å². The smallest absolute Gasteiger partial charge is 0.0785 e. The number of rotatable bonds is 2. The Morgan fingerprint density at radius 2 is 2.21 bits per heavy atom. The molecule has 0 radical (unpaired) electrons. The molecular formula is C11H14N2S. The predicted molar refractivity (Wildman–Crippen MR) is 60.7 cm³/mol. The second-order valence-electron chi connectivity index (χ2n) is 3.74. The summed E-state index contributed by atoms with van der Waals surface area (Å²) in [5.41, 5.74) is 2.54. The number of nitrogens with zero attached hydrogens (tertiary/aromatic N) is 2. The van der Waals surface area contributed by atoms with Crippen molar-refractivity contribution in [1.82, 2.24) is 9.78 Å². The molecule has 0 aliphatic carbocycles. The van der Waals surface area contributed by atoms with Crippen molar-refractivity contribution in [2.45, 2.75) is 26.8 Å². The number of hydrogen-bond acceptors (Lipinski definition) is 2. The van der Waals surface area contributed by atoms with Crippen molar-refractivity contribution < 1.29 is 0 Å². The van der Waals surface area contributed by atoms with Crippen LogP contribution in [-0.4, -0.2) is 9.78 Å². The highest BCUT2D eigenvalue weighted by atomic mass is 32.1. The standard InChI is InChI=1S/C11H14N2S/c1-8(2)13-10(4-5-12-13)11-6-9(3)7-14-11/h4-8H,1-3H3. The second kappa shape index (κ2) is 3.58. The van der Waals surface area contributed by atoms with Gasteiger partial charge in [-0.15, -0.1) is 11.3 Å². The van der Waals surface area contributed by atoms with Gasteiger partial charge in [0.1, 0.15) is 0 Å². The van der Waals surface area contributed by atoms with Gasteiger partial charge in [-0.1, -0.05) is 0 Å². The Labute approximate surface area is 88.2 Å². The van der Waals surface area contributed by atoms with Crippen molar-refractivity contribution in [2.24, 2.45) is 0 Å². The van der Waals surface area contributed by atoms with E-state index in [0.717, 1.165) is 0 Å². The van der Waals surface area contributed by atoms with E-state index in [1.54, 1.807) is 11.3 Å². The predicted octanol–water partition coefficient (Wildman–Crippen LogP) is 3.50. The van der Waals surface area contributed by atoms with E-state index in [2.05, 4.69) is 48.1 Å². The molecule has 0 unspecified atom stereocenters. The lowest BCUT2D eigenvalue weighted by atomic mass is 10.3. The first-order valence-electron chi connectivity index (χ1n) is 4.77. The van der Waals surface area contributed by atoms with Crippen LogP contribution >= 0.6 is 11.3 Å². The van der Waals surface area contributed by atoms with Gasteiger partial charge in [0.05, 0.1) is 10.6 Å². The molecule has 2 nitrogen and oxygen atoms in total. The molecule has 2 aromatic rings. The third-order valence-electron chi connectivity index (χ3n) is 2.14. The van der Waals surface area contributed by atoms with Crippen LogP contribution in [0.15, 0.2) is 23.7 Å². The first kappa shape index (κ1) is 9.46. The highest BCUT2D eigenvalue weighted by Gasteiger charge is 2.09. The van der Waals surface area contributed by atoms with Crippen molar-refractivity contribution in [2.75, 3.05) is 0 Å². The molecule has 0 bridgehead atoms. The van der Waals surface area contributed by atoms with Crippen LogP contribution in [0.1, 0.15) is 25.5 Å². The maximum Gasteiger partial charge on any atom is 0.0785 e. The van der Waals surface area contributed by atoms with E-state index >= 15 is 0 Å². The average molecular weight is 206 g/mol. The van der Waals surface area contributed by atoms with Crippen LogP contribution in [0.3, 0.4) is 0 Å². The molecule has 0 atom stereocenters. The van der Waals surface area contributed by atoms with Gasteiger partial charge in [0, 0.05) is 12.2 Å². The molecule has 0 saturated carbocycles. The maximum absolute atomic E-state index is 4.32. The quantitative estimate of drug-likeness (QED) is 0.735. The van der Waals surface area contributed by atoms with Gasteiger partial charge in [-0.2, -0.15) is 5.10 Å². The fourth-order valence-electron chi connectivity index (χ4n) is 1.49. The molecule has 0 spiro atoms. The normalized spacial score (nSPS) is 11.1. The number of aryl methyl sites for hydroxylation is 1. The molecule has 3 heteroatoms. The highest BCUT2D eigenvalue weighted by Crippen LogP contribution is 2.28. The van der Waals surface area contributed by atoms with Crippen LogP contribution in [0.5, 0.6) is 0 Å². The van der Waals surface area contributed by atoms with Gasteiger partial charge < -0.3 is 0 Å². The molecule has 74 valence electrons. The summed E-state index contributed by atoms with van der Waals surface area (Å²) in [5.74, 6) is 0. The molecule has 0 fully saturated rings. The van der Waals surface area contributed by atoms with E-state index in [4.69, 9.17) is 0 Å². The van der Waals surface area contributed by atoms with Gasteiger partial charge in [-0.25, -0.2) is 0 Å². The first-order valence-corrected chi connectivity index (χ1v) is 5.65. The Morgan fingerprint density at radius 3 is 2.79 bits per heavy atom. The molecule has 0 aliphatic heterocycles. The zero-order valence-electron chi connectivity index (χ0n) is 8.69. The van der Waals surface area contributed by atoms with Crippen molar-refractivity contribution in [1.29, 1.82) is 0 Å². The lowest BCUT2D eigenvalue weighted by molar-refractivity contribution is 0.539. The van der Waals surface area contributed by atoms with Crippen LogP contribution in [-0.2, 0) is 0 Å². The summed E-state index contributed by atoms with van der Waals surface area (Å²) >= 11 is 1.78. The van der Waals surface area contributed by atoms with Crippen LogP contribution in [0.25, 0.3) is 10.6 Å². The zero-order chi connectivity index (χ0) is 10.1. The van der Waals surface area contributed by atoms with E-state index in [9.17, 15) is 0 Å². The van der Waals surface area contributed by atoms with Crippen molar-refractivity contribution in [3.05, 3.63) is 29.3 Å².